The molecule has 13 rings (SSSR count). The number of nitrogens with zero attached hydrogens (tertiary/aromatic N) is 6. The Balaban J connectivity index is 0.00000345. The number of para-hydroxylation sites is 4. The molecule has 0 bridgehead atoms. The molecule has 6 heterocycles. The van der Waals surface area contributed by atoms with Crippen molar-refractivity contribution in [1.82, 2.24) is 28.7 Å². The van der Waals surface area contributed by atoms with E-state index in [1.165, 1.54) is 22.3 Å². The van der Waals surface area contributed by atoms with Gasteiger partial charge in [-0.15, -0.1) is 47.5 Å². The Hall–Kier alpha value is -6.75. The van der Waals surface area contributed by atoms with E-state index in [0.717, 1.165) is 88.1 Å². The Morgan fingerprint density at radius 3 is 1.36 bits per heavy atom. The van der Waals surface area contributed by atoms with Gasteiger partial charge in [-0.05, 0) is 70.8 Å². The fourth-order valence-electron chi connectivity index (χ4n) is 9.58. The first-order chi connectivity index (χ1) is 27.3. The summed E-state index contributed by atoms with van der Waals surface area (Å²) in [6.07, 6.45) is 3.74. The number of pyridine rings is 4. The standard InChI is InChI=1S/C49H26N6.Pt/c1-3-13-37-31(11-1)32-12-2-4-14-38(32)49(37,29-21-23-33-35(27-29)47-52-39-15-5-7-17-41(39)54(47)43-19-9-25-50-45(33)43)30-22-24-34-36(28-30)48-53-40-16-6-8-18-42(40)55(48)44-20-10-26-51-46(34)44;/h1-26H;/q-2;+2. The minimum atomic E-state index is -0.764. The van der Waals surface area contributed by atoms with Crippen molar-refractivity contribution in [2.75, 3.05) is 0 Å². The average molecular weight is 894 g/mol. The van der Waals surface area contributed by atoms with Crippen molar-refractivity contribution in [3.8, 4) is 11.1 Å². The van der Waals surface area contributed by atoms with Crippen LogP contribution in [0.1, 0.15) is 22.3 Å². The second-order valence-corrected chi connectivity index (χ2v) is 14.4. The van der Waals surface area contributed by atoms with Gasteiger partial charge in [0.05, 0.1) is 55.4 Å². The van der Waals surface area contributed by atoms with E-state index in [-0.39, 0.29) is 21.1 Å². The first kappa shape index (κ1) is 31.6. The molecule has 0 aliphatic heterocycles. The van der Waals surface area contributed by atoms with Crippen molar-refractivity contribution in [2.24, 2.45) is 0 Å². The van der Waals surface area contributed by atoms with E-state index in [4.69, 9.17) is 19.9 Å². The number of benzene rings is 6. The Kier molecular flexibility index (Phi) is 6.42. The van der Waals surface area contributed by atoms with Crippen LogP contribution in [0.15, 0.2) is 158 Å². The van der Waals surface area contributed by atoms with E-state index >= 15 is 0 Å². The molecular formula is C49H26N6Pt. The van der Waals surface area contributed by atoms with Gasteiger partial charge in [0.15, 0.2) is 0 Å². The summed E-state index contributed by atoms with van der Waals surface area (Å²) in [5.41, 5.74) is 15.6. The van der Waals surface area contributed by atoms with Gasteiger partial charge in [0.25, 0.3) is 0 Å². The SMILES string of the molecule is [Pt+2].[c-]1c(C2(c3[c-]c4c(cc3)c3ncccc3n3c5ccccc5nc43)c3ccccc3-c3ccccc32)ccc2c1c1nc3ccccc3n1c1cccnc21. The van der Waals surface area contributed by atoms with Crippen molar-refractivity contribution in [2.45, 2.75) is 5.41 Å². The van der Waals surface area contributed by atoms with Gasteiger partial charge in [0, 0.05) is 17.8 Å². The van der Waals surface area contributed by atoms with Gasteiger partial charge in [0.2, 0.25) is 0 Å². The monoisotopic (exact) mass is 893 g/mol. The Bertz CT molecular complexity index is 3400. The third-order valence-electron chi connectivity index (χ3n) is 11.8. The normalized spacial score (nSPS) is 13.4. The predicted octanol–water partition coefficient (Wildman–Crippen LogP) is 10.7. The molecule has 0 radical (unpaired) electrons. The summed E-state index contributed by atoms with van der Waals surface area (Å²) in [7, 11) is 0. The van der Waals surface area contributed by atoms with E-state index in [1.54, 1.807) is 0 Å². The summed E-state index contributed by atoms with van der Waals surface area (Å²) in [6.45, 7) is 0. The molecule has 0 amide bonds. The zero-order chi connectivity index (χ0) is 35.8. The second kappa shape index (κ2) is 11.4. The Labute approximate surface area is 334 Å². The fourth-order valence-corrected chi connectivity index (χ4v) is 9.58. The molecule has 6 nitrogen and oxygen atoms in total. The summed E-state index contributed by atoms with van der Waals surface area (Å²) in [4.78, 5) is 20.4. The van der Waals surface area contributed by atoms with Crippen LogP contribution in [0.2, 0.25) is 0 Å². The van der Waals surface area contributed by atoms with Crippen LogP contribution in [0.4, 0.5) is 0 Å². The zero-order valence-corrected chi connectivity index (χ0v) is 31.8. The number of imidazole rings is 2. The number of aromatic nitrogens is 6. The number of hydrogen-bond donors (Lipinski definition) is 0. The summed E-state index contributed by atoms with van der Waals surface area (Å²) >= 11 is 0. The number of rotatable bonds is 2. The van der Waals surface area contributed by atoms with Crippen LogP contribution < -0.4 is 0 Å². The summed E-state index contributed by atoms with van der Waals surface area (Å²) in [6, 6.07) is 59.5. The molecule has 0 saturated carbocycles. The first-order valence-electron chi connectivity index (χ1n) is 18.5. The molecule has 0 atom stereocenters. The zero-order valence-electron chi connectivity index (χ0n) is 29.5. The molecule has 0 N–H and O–H groups in total. The summed E-state index contributed by atoms with van der Waals surface area (Å²) in [5.74, 6) is 0. The number of hydrogen-bond acceptors (Lipinski definition) is 4. The summed E-state index contributed by atoms with van der Waals surface area (Å²) in [5, 5.41) is 3.89. The molecule has 6 aromatic heterocycles. The minimum absolute atomic E-state index is 0. The fraction of sp³-hybridized carbons (Fsp3) is 0.0204. The molecule has 56 heavy (non-hydrogen) atoms. The predicted molar refractivity (Wildman–Crippen MR) is 220 cm³/mol. The van der Waals surface area contributed by atoms with Crippen LogP contribution in [0.25, 0.3) is 88.1 Å². The molecule has 0 spiro atoms. The van der Waals surface area contributed by atoms with Crippen LogP contribution in [0.3, 0.4) is 0 Å². The van der Waals surface area contributed by atoms with Crippen molar-refractivity contribution in [3.63, 3.8) is 0 Å². The maximum Gasteiger partial charge on any atom is 2.00 e. The Morgan fingerprint density at radius 2 is 0.857 bits per heavy atom. The average Bonchev–Trinajstić information content (AvgIpc) is 3.93. The molecule has 0 saturated heterocycles. The van der Waals surface area contributed by atoms with E-state index in [9.17, 15) is 0 Å². The second-order valence-electron chi connectivity index (χ2n) is 14.4. The van der Waals surface area contributed by atoms with Gasteiger partial charge in [-0.1, -0.05) is 94.3 Å². The quantitative estimate of drug-likeness (QED) is 0.128. The largest absolute Gasteiger partial charge is 2.00 e. The molecule has 12 aromatic rings. The van der Waals surface area contributed by atoms with Gasteiger partial charge in [-0.3, -0.25) is 19.9 Å². The maximum absolute atomic E-state index is 5.25. The van der Waals surface area contributed by atoms with Crippen LogP contribution in [-0.2, 0) is 26.5 Å². The third-order valence-corrected chi connectivity index (χ3v) is 11.8. The van der Waals surface area contributed by atoms with Gasteiger partial charge in [0.1, 0.15) is 0 Å². The maximum atomic E-state index is 5.25. The van der Waals surface area contributed by atoms with E-state index in [0.29, 0.717) is 0 Å². The third kappa shape index (κ3) is 3.89. The molecule has 1 aliphatic carbocycles. The molecule has 7 heteroatoms. The molecule has 1 aliphatic rings. The smallest absolute Gasteiger partial charge is 0.332 e. The van der Waals surface area contributed by atoms with Gasteiger partial charge in [-0.25, -0.2) is 0 Å². The van der Waals surface area contributed by atoms with Gasteiger partial charge >= 0.3 is 21.1 Å². The van der Waals surface area contributed by atoms with E-state index in [2.05, 4.69) is 142 Å². The van der Waals surface area contributed by atoms with Crippen molar-refractivity contribution < 1.29 is 21.1 Å². The van der Waals surface area contributed by atoms with Crippen molar-refractivity contribution >= 4 is 77.0 Å². The van der Waals surface area contributed by atoms with Crippen molar-refractivity contribution in [3.05, 3.63) is 192 Å². The van der Waals surface area contributed by atoms with Crippen LogP contribution in [-0.4, -0.2) is 28.7 Å². The van der Waals surface area contributed by atoms with Crippen molar-refractivity contribution in [1.29, 1.82) is 0 Å². The molecule has 262 valence electrons. The molecule has 0 unspecified atom stereocenters. The number of fused-ring (bicyclic) bond motifs is 19. The topological polar surface area (TPSA) is 60.4 Å². The minimum Gasteiger partial charge on any atom is -0.332 e. The first-order valence-corrected chi connectivity index (χ1v) is 18.5. The van der Waals surface area contributed by atoms with Gasteiger partial charge in [-0.2, -0.15) is 0 Å². The van der Waals surface area contributed by atoms with Crippen LogP contribution in [0, 0.1) is 12.1 Å². The van der Waals surface area contributed by atoms with Gasteiger partial charge < -0.3 is 8.80 Å². The molecular weight excluding hydrogens is 868 g/mol. The van der Waals surface area contributed by atoms with E-state index < -0.39 is 5.41 Å². The van der Waals surface area contributed by atoms with Crippen LogP contribution in [0.5, 0.6) is 0 Å². The molecule has 6 aromatic carbocycles. The molecule has 0 fully saturated rings. The van der Waals surface area contributed by atoms with E-state index in [1.807, 2.05) is 36.7 Å². The summed E-state index contributed by atoms with van der Waals surface area (Å²) < 4.78 is 4.48. The Morgan fingerprint density at radius 1 is 0.429 bits per heavy atom. The van der Waals surface area contributed by atoms with Crippen LogP contribution >= 0.6 is 0 Å².